The van der Waals surface area contributed by atoms with Crippen LogP contribution in [0.3, 0.4) is 0 Å². The number of carbonyl (C=O) groups is 1. The highest BCUT2D eigenvalue weighted by atomic mass is 19.1. The second-order valence-corrected chi connectivity index (χ2v) is 4.55. The van der Waals surface area contributed by atoms with Gasteiger partial charge in [0.05, 0.1) is 5.69 Å². The summed E-state index contributed by atoms with van der Waals surface area (Å²) in [6.07, 6.45) is 0.183. The molecule has 0 saturated carbocycles. The number of hydrogen-bond acceptors (Lipinski definition) is 2. The van der Waals surface area contributed by atoms with Crippen LogP contribution >= 0.6 is 0 Å². The second-order valence-electron chi connectivity index (χ2n) is 4.55. The second kappa shape index (κ2) is 7.50. The van der Waals surface area contributed by atoms with Crippen LogP contribution in [0.25, 0.3) is 0 Å². The summed E-state index contributed by atoms with van der Waals surface area (Å²) >= 11 is 0. The summed E-state index contributed by atoms with van der Waals surface area (Å²) < 4.78 is 26.7. The first kappa shape index (κ1) is 15.1. The van der Waals surface area contributed by atoms with Crippen molar-refractivity contribution in [2.24, 2.45) is 0 Å². The van der Waals surface area contributed by atoms with Crippen molar-refractivity contribution in [2.45, 2.75) is 13.0 Å². The summed E-state index contributed by atoms with van der Waals surface area (Å²) in [5, 5.41) is 5.47. The molecule has 0 saturated heterocycles. The van der Waals surface area contributed by atoms with Gasteiger partial charge in [-0.25, -0.2) is 8.78 Å². The predicted octanol–water partition coefficient (Wildman–Crippen LogP) is 3.08. The summed E-state index contributed by atoms with van der Waals surface area (Å²) in [6.45, 7) is 0.730. The highest BCUT2D eigenvalue weighted by Crippen LogP contribution is 2.12. The van der Waals surface area contributed by atoms with Crippen LogP contribution in [0.5, 0.6) is 0 Å². The maximum Gasteiger partial charge on any atom is 0.225 e. The Kier molecular flexibility index (Phi) is 5.40. The number of rotatable bonds is 6. The fourth-order valence-electron chi connectivity index (χ4n) is 1.84. The van der Waals surface area contributed by atoms with Gasteiger partial charge in [-0.2, -0.15) is 0 Å². The van der Waals surface area contributed by atoms with Gasteiger partial charge in [-0.1, -0.05) is 30.3 Å². The first-order valence-electron chi connectivity index (χ1n) is 6.65. The molecule has 2 aromatic carbocycles. The van der Waals surface area contributed by atoms with Gasteiger partial charge >= 0.3 is 0 Å². The lowest BCUT2D eigenvalue weighted by Gasteiger charge is -2.07. The van der Waals surface area contributed by atoms with E-state index in [1.807, 2.05) is 0 Å². The SMILES string of the molecule is O=C(CCNCc1ccccc1F)Nc1ccccc1F. The number of halogens is 2. The zero-order valence-corrected chi connectivity index (χ0v) is 11.4. The van der Waals surface area contributed by atoms with Gasteiger partial charge in [-0.05, 0) is 18.2 Å². The van der Waals surface area contributed by atoms with Crippen LogP contribution < -0.4 is 10.6 Å². The third-order valence-corrected chi connectivity index (χ3v) is 2.95. The molecule has 1 amide bonds. The molecule has 110 valence electrons. The van der Waals surface area contributed by atoms with Gasteiger partial charge in [0.1, 0.15) is 11.6 Å². The Morgan fingerprint density at radius 3 is 2.33 bits per heavy atom. The molecular formula is C16H16F2N2O. The molecule has 0 radical (unpaired) electrons. The molecule has 0 aliphatic rings. The first-order valence-corrected chi connectivity index (χ1v) is 6.65. The lowest BCUT2D eigenvalue weighted by atomic mass is 10.2. The van der Waals surface area contributed by atoms with E-state index in [9.17, 15) is 13.6 Å². The molecule has 0 aromatic heterocycles. The molecule has 5 heteroatoms. The smallest absolute Gasteiger partial charge is 0.225 e. The third-order valence-electron chi connectivity index (χ3n) is 2.95. The fraction of sp³-hybridized carbons (Fsp3) is 0.188. The molecule has 0 unspecified atom stereocenters. The van der Waals surface area contributed by atoms with E-state index in [0.29, 0.717) is 18.7 Å². The largest absolute Gasteiger partial charge is 0.324 e. The van der Waals surface area contributed by atoms with Crippen molar-refractivity contribution in [2.75, 3.05) is 11.9 Å². The van der Waals surface area contributed by atoms with Crippen LogP contribution in [0.4, 0.5) is 14.5 Å². The molecule has 2 N–H and O–H groups in total. The molecule has 0 spiro atoms. The Labute approximate surface area is 122 Å². The number of anilines is 1. The lowest BCUT2D eigenvalue weighted by Crippen LogP contribution is -2.22. The van der Waals surface area contributed by atoms with Crippen molar-refractivity contribution in [3.8, 4) is 0 Å². The van der Waals surface area contributed by atoms with Gasteiger partial charge in [0.2, 0.25) is 5.91 Å². The molecule has 3 nitrogen and oxygen atoms in total. The summed E-state index contributed by atoms with van der Waals surface area (Å²) in [5.74, 6) is -1.04. The molecular weight excluding hydrogens is 274 g/mol. The van der Waals surface area contributed by atoms with Crippen molar-refractivity contribution in [3.05, 3.63) is 65.7 Å². The summed E-state index contributed by atoms with van der Waals surface area (Å²) in [7, 11) is 0. The molecule has 0 aliphatic carbocycles. The standard InChI is InChI=1S/C16H16F2N2O/c17-13-6-2-1-5-12(13)11-19-10-9-16(21)20-15-8-4-3-7-14(15)18/h1-8,19H,9-11H2,(H,20,21). The summed E-state index contributed by atoms with van der Waals surface area (Å²) in [5.41, 5.74) is 0.712. The van der Waals surface area contributed by atoms with Gasteiger partial charge in [-0.15, -0.1) is 0 Å². The molecule has 21 heavy (non-hydrogen) atoms. The monoisotopic (exact) mass is 290 g/mol. The van der Waals surface area contributed by atoms with Gasteiger partial charge in [0, 0.05) is 25.1 Å². The third kappa shape index (κ3) is 4.65. The number of hydrogen-bond donors (Lipinski definition) is 2. The average molecular weight is 290 g/mol. The van der Waals surface area contributed by atoms with Crippen LogP contribution in [-0.4, -0.2) is 12.5 Å². The van der Waals surface area contributed by atoms with Crippen LogP contribution in [0.2, 0.25) is 0 Å². The molecule has 0 bridgehead atoms. The Morgan fingerprint density at radius 1 is 0.952 bits per heavy atom. The highest BCUT2D eigenvalue weighted by Gasteiger charge is 2.06. The van der Waals surface area contributed by atoms with E-state index in [-0.39, 0.29) is 23.8 Å². The topological polar surface area (TPSA) is 41.1 Å². The summed E-state index contributed by atoms with van der Waals surface area (Å²) in [4.78, 5) is 11.7. The normalized spacial score (nSPS) is 10.4. The maximum atomic E-state index is 13.3. The van der Waals surface area contributed by atoms with E-state index < -0.39 is 5.82 Å². The number of nitrogens with one attached hydrogen (secondary N) is 2. The minimum Gasteiger partial charge on any atom is -0.324 e. The lowest BCUT2D eigenvalue weighted by molar-refractivity contribution is -0.116. The minimum absolute atomic E-state index is 0.164. The Balaban J connectivity index is 1.73. The maximum absolute atomic E-state index is 13.3. The van der Waals surface area contributed by atoms with Crippen molar-refractivity contribution in [3.63, 3.8) is 0 Å². The van der Waals surface area contributed by atoms with Crippen LogP contribution in [0.1, 0.15) is 12.0 Å². The van der Waals surface area contributed by atoms with E-state index in [0.717, 1.165) is 0 Å². The van der Waals surface area contributed by atoms with Crippen molar-refractivity contribution in [1.29, 1.82) is 0 Å². The zero-order chi connectivity index (χ0) is 15.1. The van der Waals surface area contributed by atoms with Crippen molar-refractivity contribution < 1.29 is 13.6 Å². The van der Waals surface area contributed by atoms with E-state index in [2.05, 4.69) is 10.6 Å². The van der Waals surface area contributed by atoms with E-state index >= 15 is 0 Å². The number of benzene rings is 2. The molecule has 2 aromatic rings. The summed E-state index contributed by atoms with van der Waals surface area (Å²) in [6, 6.07) is 12.4. The number of carbonyl (C=O) groups excluding carboxylic acids is 1. The predicted molar refractivity (Wildman–Crippen MR) is 77.8 cm³/mol. The van der Waals surface area contributed by atoms with Crippen molar-refractivity contribution >= 4 is 11.6 Å². The van der Waals surface area contributed by atoms with E-state index in [4.69, 9.17) is 0 Å². The molecule has 0 heterocycles. The van der Waals surface area contributed by atoms with Crippen molar-refractivity contribution in [1.82, 2.24) is 5.32 Å². The van der Waals surface area contributed by atoms with Gasteiger partial charge in [0.25, 0.3) is 0 Å². The zero-order valence-electron chi connectivity index (χ0n) is 11.4. The molecule has 0 fully saturated rings. The quantitative estimate of drug-likeness (QED) is 0.803. The molecule has 2 rings (SSSR count). The van der Waals surface area contributed by atoms with E-state index in [1.165, 1.54) is 18.2 Å². The first-order chi connectivity index (χ1) is 10.2. The Hall–Kier alpha value is -2.27. The van der Waals surface area contributed by atoms with Crippen LogP contribution in [0.15, 0.2) is 48.5 Å². The van der Waals surface area contributed by atoms with Crippen LogP contribution in [-0.2, 0) is 11.3 Å². The Morgan fingerprint density at radius 2 is 1.62 bits per heavy atom. The van der Waals surface area contributed by atoms with Gasteiger partial charge in [0.15, 0.2) is 0 Å². The highest BCUT2D eigenvalue weighted by molar-refractivity contribution is 5.90. The molecule has 0 aliphatic heterocycles. The van der Waals surface area contributed by atoms with E-state index in [1.54, 1.807) is 30.3 Å². The average Bonchev–Trinajstić information content (AvgIpc) is 2.48. The molecule has 0 atom stereocenters. The number of amides is 1. The minimum atomic E-state index is -0.467. The fourth-order valence-corrected chi connectivity index (χ4v) is 1.84. The van der Waals surface area contributed by atoms with Crippen LogP contribution in [0, 0.1) is 11.6 Å². The van der Waals surface area contributed by atoms with Gasteiger partial charge < -0.3 is 10.6 Å². The van der Waals surface area contributed by atoms with Gasteiger partial charge in [-0.3, -0.25) is 4.79 Å². The Bertz CT molecular complexity index is 617. The number of para-hydroxylation sites is 1.